The first-order chi connectivity index (χ1) is 15.9. The Morgan fingerprint density at radius 2 is 1.94 bits per heavy atom. The van der Waals surface area contributed by atoms with Crippen molar-refractivity contribution in [1.82, 2.24) is 5.32 Å². The normalized spacial score (nSPS) is 43.3. The van der Waals surface area contributed by atoms with Crippen LogP contribution in [0.2, 0.25) is 0 Å². The minimum absolute atomic E-state index is 0.0337. The van der Waals surface area contributed by atoms with Gasteiger partial charge in [0.25, 0.3) is 5.91 Å². The summed E-state index contributed by atoms with van der Waals surface area (Å²) in [6.45, 7) is 6.33. The van der Waals surface area contributed by atoms with Gasteiger partial charge < -0.3 is 15.2 Å². The molecule has 4 bridgehead atoms. The zero-order chi connectivity index (χ0) is 22.9. The number of benzene rings is 1. The fraction of sp³-hybridized carbons (Fsp3) is 0.500. The van der Waals surface area contributed by atoms with Crippen molar-refractivity contribution in [2.75, 3.05) is 0 Å². The third kappa shape index (κ3) is 3.23. The number of hydrogen-bond acceptors (Lipinski definition) is 4. The zero-order valence-electron chi connectivity index (χ0n) is 18.9. The molecule has 3 aliphatic heterocycles. The minimum atomic E-state index is -1.56. The number of hydrogen-bond donors (Lipinski definition) is 2. The van der Waals surface area contributed by atoms with Gasteiger partial charge in [-0.2, -0.15) is 0 Å². The lowest BCUT2D eigenvalue weighted by molar-refractivity contribution is -0.128. The number of fused-ring (bicyclic) bond motifs is 4. The van der Waals surface area contributed by atoms with E-state index in [1.807, 2.05) is 30.3 Å². The Morgan fingerprint density at radius 1 is 1.15 bits per heavy atom. The van der Waals surface area contributed by atoms with Gasteiger partial charge in [0.05, 0.1) is 5.57 Å². The predicted molar refractivity (Wildman–Crippen MR) is 124 cm³/mol. The van der Waals surface area contributed by atoms with Crippen molar-refractivity contribution in [3.63, 3.8) is 0 Å². The van der Waals surface area contributed by atoms with Crippen molar-refractivity contribution < 1.29 is 19.4 Å². The van der Waals surface area contributed by atoms with Crippen LogP contribution in [0.5, 0.6) is 5.75 Å². The molecule has 3 heterocycles. The average molecular weight is 446 g/mol. The van der Waals surface area contributed by atoms with Gasteiger partial charge >= 0.3 is 0 Å². The molecule has 5 heteroatoms. The summed E-state index contributed by atoms with van der Waals surface area (Å²) in [6, 6.07) is 7.77. The van der Waals surface area contributed by atoms with Crippen LogP contribution in [0, 0.1) is 41.4 Å². The molecule has 33 heavy (non-hydrogen) atoms. The van der Waals surface area contributed by atoms with Gasteiger partial charge in [-0.3, -0.25) is 9.59 Å². The molecular weight excluding hydrogens is 414 g/mol. The van der Waals surface area contributed by atoms with E-state index in [-0.39, 0.29) is 41.6 Å². The van der Waals surface area contributed by atoms with E-state index in [2.05, 4.69) is 31.0 Å². The Labute approximate surface area is 194 Å². The third-order valence-corrected chi connectivity index (χ3v) is 8.81. The van der Waals surface area contributed by atoms with Gasteiger partial charge in [0.15, 0.2) is 11.5 Å². The summed E-state index contributed by atoms with van der Waals surface area (Å²) < 4.78 is 6.72. The Morgan fingerprint density at radius 3 is 2.70 bits per heavy atom. The van der Waals surface area contributed by atoms with Gasteiger partial charge in [0.1, 0.15) is 11.9 Å². The molecule has 3 aliphatic carbocycles. The Balaban J connectivity index is 1.52. The molecule has 0 aromatic heterocycles. The molecule has 1 amide bonds. The summed E-state index contributed by atoms with van der Waals surface area (Å²) in [5.41, 5.74) is -0.628. The molecule has 7 rings (SSSR count). The molecule has 2 saturated carbocycles. The van der Waals surface area contributed by atoms with Crippen LogP contribution < -0.4 is 10.1 Å². The van der Waals surface area contributed by atoms with Crippen molar-refractivity contribution in [3.05, 3.63) is 66.3 Å². The average Bonchev–Trinajstić information content (AvgIpc) is 3.27. The van der Waals surface area contributed by atoms with E-state index in [4.69, 9.17) is 4.74 Å². The van der Waals surface area contributed by atoms with E-state index >= 15 is 0 Å². The van der Waals surface area contributed by atoms with Crippen LogP contribution >= 0.6 is 0 Å². The van der Waals surface area contributed by atoms with Crippen LogP contribution in [0.15, 0.2) is 60.7 Å². The monoisotopic (exact) mass is 445 g/mol. The number of aliphatic hydroxyl groups is 1. The number of ketones is 1. The number of ether oxygens (including phenoxy) is 1. The largest absolute Gasteiger partial charge is 0.490 e. The quantitative estimate of drug-likeness (QED) is 0.512. The Kier molecular flexibility index (Phi) is 4.70. The second kappa shape index (κ2) is 7.42. The molecule has 2 N–H and O–H groups in total. The predicted octanol–water partition coefficient (Wildman–Crippen LogP) is 3.59. The van der Waals surface area contributed by atoms with Crippen molar-refractivity contribution in [3.8, 4) is 5.75 Å². The van der Waals surface area contributed by atoms with Gasteiger partial charge in [-0.25, -0.2) is 0 Å². The molecule has 1 aromatic rings. The lowest BCUT2D eigenvalue weighted by Crippen LogP contribution is -2.45. The topological polar surface area (TPSA) is 75.6 Å². The molecule has 0 unspecified atom stereocenters. The maximum absolute atomic E-state index is 14.0. The van der Waals surface area contributed by atoms with Crippen LogP contribution in [0.25, 0.3) is 0 Å². The molecule has 2 fully saturated rings. The number of amides is 1. The zero-order valence-corrected chi connectivity index (χ0v) is 18.9. The summed E-state index contributed by atoms with van der Waals surface area (Å²) in [5, 5.41) is 13.7. The molecule has 0 spiro atoms. The number of carbonyl (C=O) groups excluding carboxylic acids is 2. The van der Waals surface area contributed by atoms with Crippen molar-refractivity contribution in [1.29, 1.82) is 0 Å². The molecule has 6 aliphatic rings. The van der Waals surface area contributed by atoms with E-state index < -0.39 is 17.6 Å². The van der Waals surface area contributed by atoms with Crippen LogP contribution in [-0.4, -0.2) is 28.6 Å². The summed E-state index contributed by atoms with van der Waals surface area (Å²) in [7, 11) is 0. The lowest BCUT2D eigenvalue weighted by Gasteiger charge is -2.38. The van der Waals surface area contributed by atoms with Gasteiger partial charge in [0, 0.05) is 24.2 Å². The van der Waals surface area contributed by atoms with E-state index in [0.29, 0.717) is 17.8 Å². The molecule has 172 valence electrons. The number of allylic oxidation sites excluding steroid dienone is 3. The summed E-state index contributed by atoms with van der Waals surface area (Å²) in [6.07, 6.45) is 11.2. The number of Topliss-reactive ketones (excluding diaryl/α,β-unsaturated/α-hetero) is 1. The first-order valence-electron chi connectivity index (χ1n) is 12.3. The Hall–Kier alpha value is -2.66. The second-order valence-electron chi connectivity index (χ2n) is 10.8. The minimum Gasteiger partial charge on any atom is -0.490 e. The number of carbonyl (C=O) groups is 2. The summed E-state index contributed by atoms with van der Waals surface area (Å²) in [5.74, 6) is 1.23. The van der Waals surface area contributed by atoms with Gasteiger partial charge in [-0.1, -0.05) is 43.7 Å². The van der Waals surface area contributed by atoms with E-state index in [0.717, 1.165) is 24.2 Å². The SMILES string of the molecule is C=C[C@H]1C=C[C@H]2[C@@H]3C[C@H](C)CC[C@H]3[C@@H]3Oc4ccc(cc4)C[C@]4(O)C=C(C(=O)N4)C(=O)[C@@H]1[C@H]23. The molecule has 9 atom stereocenters. The molecular formula is C28H31NO4. The highest BCUT2D eigenvalue weighted by molar-refractivity contribution is 6.22. The van der Waals surface area contributed by atoms with E-state index in [9.17, 15) is 14.7 Å². The standard InChI is InChI=1S/C28H31NO4/c1-3-17-7-11-19-21-12-15(2)4-10-20(21)26-24(19)23(17)25(30)22-14-28(32,29-27(22)31)13-16-5-8-18(33-26)9-6-16/h3,5-9,11,14-15,17,19-21,23-24,26,32H,1,4,10,12-13H2,2H3,(H,29,31)/t15-,17+,19+,20-,21+,23+,24+,26+,28+/m1/s1. The second-order valence-corrected chi connectivity index (χ2v) is 10.8. The first-order valence-corrected chi connectivity index (χ1v) is 12.3. The highest BCUT2D eigenvalue weighted by atomic mass is 16.5. The van der Waals surface area contributed by atoms with Gasteiger partial charge in [0.2, 0.25) is 0 Å². The number of nitrogens with one attached hydrogen (secondary N) is 1. The molecule has 0 radical (unpaired) electrons. The molecule has 5 nitrogen and oxygen atoms in total. The van der Waals surface area contributed by atoms with E-state index in [1.54, 1.807) is 0 Å². The van der Waals surface area contributed by atoms with E-state index in [1.165, 1.54) is 12.5 Å². The van der Waals surface area contributed by atoms with Crippen LogP contribution in [0.3, 0.4) is 0 Å². The highest BCUT2D eigenvalue weighted by Gasteiger charge is 2.59. The fourth-order valence-corrected chi connectivity index (χ4v) is 7.39. The first kappa shape index (κ1) is 20.9. The van der Waals surface area contributed by atoms with Crippen LogP contribution in [0.1, 0.15) is 31.7 Å². The fourth-order valence-electron chi connectivity index (χ4n) is 7.39. The summed E-state index contributed by atoms with van der Waals surface area (Å²) >= 11 is 0. The van der Waals surface area contributed by atoms with Crippen molar-refractivity contribution >= 4 is 11.7 Å². The lowest BCUT2D eigenvalue weighted by atomic mass is 9.66. The smallest absolute Gasteiger partial charge is 0.257 e. The molecule has 0 saturated heterocycles. The van der Waals surface area contributed by atoms with Crippen LogP contribution in [-0.2, 0) is 16.0 Å². The Bertz CT molecular complexity index is 1070. The van der Waals surface area contributed by atoms with Gasteiger partial charge in [-0.15, -0.1) is 6.58 Å². The maximum atomic E-state index is 14.0. The number of rotatable bonds is 1. The third-order valence-electron chi connectivity index (χ3n) is 8.81. The molecule has 1 aromatic carbocycles. The maximum Gasteiger partial charge on any atom is 0.257 e. The van der Waals surface area contributed by atoms with Gasteiger partial charge in [-0.05, 0) is 60.3 Å². The highest BCUT2D eigenvalue weighted by Crippen LogP contribution is 2.57. The van der Waals surface area contributed by atoms with Crippen molar-refractivity contribution in [2.45, 2.75) is 44.4 Å². The summed E-state index contributed by atoms with van der Waals surface area (Å²) in [4.78, 5) is 26.9. The van der Waals surface area contributed by atoms with Crippen molar-refractivity contribution in [2.24, 2.45) is 41.4 Å². The van der Waals surface area contributed by atoms with Crippen LogP contribution in [0.4, 0.5) is 0 Å².